The predicted octanol–water partition coefficient (Wildman–Crippen LogP) is 3.47. The van der Waals surface area contributed by atoms with Gasteiger partial charge in [0.05, 0.1) is 12.8 Å². The molecule has 1 aromatic rings. The Morgan fingerprint density at radius 2 is 2.13 bits per heavy atom. The van der Waals surface area contributed by atoms with Crippen molar-refractivity contribution in [1.82, 2.24) is 0 Å². The van der Waals surface area contributed by atoms with Gasteiger partial charge in [-0.15, -0.1) is 0 Å². The normalized spacial score (nSPS) is 23.6. The standard InChI is InChI=1S/C13H17NO/c1-5-13(3)9(2)14-12-7-6-10(15-4)8-11(12)13/h6-8H,5H2,1-4H3. The lowest BCUT2D eigenvalue weighted by atomic mass is 9.78. The first-order valence-corrected chi connectivity index (χ1v) is 5.36. The molecule has 0 fully saturated rings. The van der Waals surface area contributed by atoms with Crippen LogP contribution in [0, 0.1) is 0 Å². The van der Waals surface area contributed by atoms with Gasteiger partial charge >= 0.3 is 0 Å². The third-order valence-corrected chi connectivity index (χ3v) is 3.59. The minimum Gasteiger partial charge on any atom is -0.497 e. The maximum atomic E-state index is 5.26. The molecule has 2 nitrogen and oxygen atoms in total. The fourth-order valence-corrected chi connectivity index (χ4v) is 2.13. The zero-order valence-electron chi connectivity index (χ0n) is 9.79. The molecular formula is C13H17NO. The summed E-state index contributed by atoms with van der Waals surface area (Å²) < 4.78 is 5.26. The van der Waals surface area contributed by atoms with Gasteiger partial charge in [0.2, 0.25) is 0 Å². The zero-order valence-corrected chi connectivity index (χ0v) is 9.79. The molecule has 1 aromatic carbocycles. The molecule has 0 saturated carbocycles. The highest BCUT2D eigenvalue weighted by Crippen LogP contribution is 2.43. The molecule has 2 heteroatoms. The molecule has 0 saturated heterocycles. The van der Waals surface area contributed by atoms with Crippen LogP contribution in [-0.2, 0) is 5.41 Å². The molecule has 0 spiro atoms. The second-order valence-corrected chi connectivity index (χ2v) is 4.27. The first-order valence-electron chi connectivity index (χ1n) is 5.36. The second kappa shape index (κ2) is 3.37. The summed E-state index contributed by atoms with van der Waals surface area (Å²) in [6.07, 6.45) is 1.07. The summed E-state index contributed by atoms with van der Waals surface area (Å²) in [5, 5.41) is 0. The summed E-state index contributed by atoms with van der Waals surface area (Å²) in [5.74, 6) is 0.915. The van der Waals surface area contributed by atoms with E-state index >= 15 is 0 Å². The Balaban J connectivity index is 2.56. The van der Waals surface area contributed by atoms with Gasteiger partial charge in [-0.1, -0.05) is 13.8 Å². The van der Waals surface area contributed by atoms with Gasteiger partial charge in [-0.2, -0.15) is 0 Å². The third-order valence-electron chi connectivity index (χ3n) is 3.59. The Morgan fingerprint density at radius 1 is 1.40 bits per heavy atom. The van der Waals surface area contributed by atoms with Crippen molar-refractivity contribution in [3.05, 3.63) is 23.8 Å². The van der Waals surface area contributed by atoms with E-state index in [1.807, 2.05) is 12.1 Å². The SMILES string of the molecule is CCC1(C)C(C)=Nc2ccc(OC)cc21. The van der Waals surface area contributed by atoms with E-state index in [2.05, 4.69) is 31.8 Å². The van der Waals surface area contributed by atoms with Gasteiger partial charge in [0, 0.05) is 11.1 Å². The van der Waals surface area contributed by atoms with Gasteiger partial charge in [0.25, 0.3) is 0 Å². The fourth-order valence-electron chi connectivity index (χ4n) is 2.13. The topological polar surface area (TPSA) is 21.6 Å². The van der Waals surface area contributed by atoms with Gasteiger partial charge in [-0.05, 0) is 37.1 Å². The van der Waals surface area contributed by atoms with E-state index in [4.69, 9.17) is 4.74 Å². The van der Waals surface area contributed by atoms with Crippen molar-refractivity contribution in [2.45, 2.75) is 32.6 Å². The number of aliphatic imine (C=N–C) groups is 1. The van der Waals surface area contributed by atoms with Crippen LogP contribution in [0.15, 0.2) is 23.2 Å². The maximum absolute atomic E-state index is 5.26. The lowest BCUT2D eigenvalue weighted by Crippen LogP contribution is -2.26. The van der Waals surface area contributed by atoms with Gasteiger partial charge in [-0.3, -0.25) is 4.99 Å². The Bertz CT molecular complexity index is 423. The van der Waals surface area contributed by atoms with Crippen LogP contribution in [-0.4, -0.2) is 12.8 Å². The highest BCUT2D eigenvalue weighted by molar-refractivity contribution is 6.00. The first-order chi connectivity index (χ1) is 7.11. The van der Waals surface area contributed by atoms with Crippen molar-refractivity contribution in [3.8, 4) is 5.75 Å². The van der Waals surface area contributed by atoms with Crippen LogP contribution in [0.1, 0.15) is 32.8 Å². The number of hydrogen-bond acceptors (Lipinski definition) is 2. The molecule has 1 aliphatic rings. The van der Waals surface area contributed by atoms with E-state index < -0.39 is 0 Å². The molecule has 80 valence electrons. The van der Waals surface area contributed by atoms with Crippen molar-refractivity contribution in [2.75, 3.05) is 7.11 Å². The van der Waals surface area contributed by atoms with Crippen LogP contribution in [0.5, 0.6) is 5.75 Å². The second-order valence-electron chi connectivity index (χ2n) is 4.27. The summed E-state index contributed by atoms with van der Waals surface area (Å²) in [6, 6.07) is 6.12. The summed E-state index contributed by atoms with van der Waals surface area (Å²) in [7, 11) is 1.70. The smallest absolute Gasteiger partial charge is 0.119 e. The van der Waals surface area contributed by atoms with Crippen molar-refractivity contribution in [1.29, 1.82) is 0 Å². The Kier molecular flexibility index (Phi) is 2.29. The summed E-state index contributed by atoms with van der Waals surface area (Å²) >= 11 is 0. The molecule has 15 heavy (non-hydrogen) atoms. The van der Waals surface area contributed by atoms with Gasteiger partial charge in [-0.25, -0.2) is 0 Å². The molecule has 1 unspecified atom stereocenters. The van der Waals surface area contributed by atoms with E-state index in [0.29, 0.717) is 0 Å². The number of methoxy groups -OCH3 is 1. The predicted molar refractivity (Wildman–Crippen MR) is 63.4 cm³/mol. The van der Waals surface area contributed by atoms with E-state index in [9.17, 15) is 0 Å². The minimum atomic E-state index is 0.0872. The fraction of sp³-hybridized carbons (Fsp3) is 0.462. The van der Waals surface area contributed by atoms with E-state index in [0.717, 1.165) is 17.9 Å². The lowest BCUT2D eigenvalue weighted by Gasteiger charge is -2.24. The molecule has 1 aliphatic heterocycles. The molecule has 0 aliphatic carbocycles. The highest BCUT2D eigenvalue weighted by atomic mass is 16.5. The van der Waals surface area contributed by atoms with Crippen LogP contribution in [0.3, 0.4) is 0 Å². The van der Waals surface area contributed by atoms with E-state index in [1.54, 1.807) is 7.11 Å². The lowest BCUT2D eigenvalue weighted by molar-refractivity contribution is 0.413. The molecule has 1 heterocycles. The number of ether oxygens (including phenoxy) is 1. The number of hydrogen-bond donors (Lipinski definition) is 0. The third kappa shape index (κ3) is 1.36. The molecule has 0 bridgehead atoms. The highest BCUT2D eigenvalue weighted by Gasteiger charge is 2.35. The monoisotopic (exact) mass is 203 g/mol. The average Bonchev–Trinajstić information content (AvgIpc) is 2.52. The molecule has 0 amide bonds. The first kappa shape index (κ1) is 10.2. The van der Waals surface area contributed by atoms with Crippen molar-refractivity contribution in [3.63, 3.8) is 0 Å². The number of fused-ring (bicyclic) bond motifs is 1. The molecule has 0 aromatic heterocycles. The molecular weight excluding hydrogens is 186 g/mol. The van der Waals surface area contributed by atoms with Crippen molar-refractivity contribution >= 4 is 11.4 Å². The van der Waals surface area contributed by atoms with Gasteiger partial charge < -0.3 is 4.74 Å². The average molecular weight is 203 g/mol. The molecule has 2 rings (SSSR count). The maximum Gasteiger partial charge on any atom is 0.119 e. The van der Waals surface area contributed by atoms with E-state index in [-0.39, 0.29) is 5.41 Å². The van der Waals surface area contributed by atoms with E-state index in [1.165, 1.54) is 11.3 Å². The van der Waals surface area contributed by atoms with Crippen LogP contribution in [0.25, 0.3) is 0 Å². The quantitative estimate of drug-likeness (QED) is 0.721. The molecule has 0 radical (unpaired) electrons. The van der Waals surface area contributed by atoms with Crippen molar-refractivity contribution in [2.24, 2.45) is 4.99 Å². The van der Waals surface area contributed by atoms with Crippen molar-refractivity contribution < 1.29 is 4.74 Å². The van der Waals surface area contributed by atoms with Crippen LogP contribution in [0.4, 0.5) is 5.69 Å². The zero-order chi connectivity index (χ0) is 11.1. The molecule has 1 atom stereocenters. The Hall–Kier alpha value is -1.31. The Labute approximate surface area is 91.0 Å². The summed E-state index contributed by atoms with van der Waals surface area (Å²) in [4.78, 5) is 4.61. The molecule has 0 N–H and O–H groups in total. The summed E-state index contributed by atoms with van der Waals surface area (Å²) in [6.45, 7) is 6.56. The summed E-state index contributed by atoms with van der Waals surface area (Å²) in [5.41, 5.74) is 3.68. The van der Waals surface area contributed by atoms with Crippen LogP contribution in [0.2, 0.25) is 0 Å². The van der Waals surface area contributed by atoms with Crippen LogP contribution < -0.4 is 4.74 Å². The van der Waals surface area contributed by atoms with Gasteiger partial charge in [0.1, 0.15) is 5.75 Å². The Morgan fingerprint density at radius 3 is 2.73 bits per heavy atom. The van der Waals surface area contributed by atoms with Gasteiger partial charge in [0.15, 0.2) is 0 Å². The van der Waals surface area contributed by atoms with Crippen LogP contribution >= 0.6 is 0 Å². The largest absolute Gasteiger partial charge is 0.497 e. The number of rotatable bonds is 2. The number of nitrogens with zero attached hydrogens (tertiary/aromatic N) is 1. The minimum absolute atomic E-state index is 0.0872. The number of benzene rings is 1.